The fourth-order valence-corrected chi connectivity index (χ4v) is 2.21. The van der Waals surface area contributed by atoms with Crippen molar-refractivity contribution in [2.45, 2.75) is 38.3 Å². The van der Waals surface area contributed by atoms with Crippen LogP contribution < -0.4 is 10.6 Å². The molecule has 92 valence electrons. The van der Waals surface area contributed by atoms with Crippen LogP contribution in [0.4, 0.5) is 0 Å². The lowest BCUT2D eigenvalue weighted by atomic mass is 10.0. The van der Waals surface area contributed by atoms with E-state index in [4.69, 9.17) is 0 Å². The highest BCUT2D eigenvalue weighted by atomic mass is 16.2. The minimum Gasteiger partial charge on any atom is -0.348 e. The maximum atomic E-state index is 12.0. The first-order valence-electron chi connectivity index (χ1n) is 6.36. The molecule has 0 bridgehead atoms. The largest absolute Gasteiger partial charge is 0.348 e. The third-order valence-electron chi connectivity index (χ3n) is 3.29. The smallest absolute Gasteiger partial charge is 0.237 e. The Balaban J connectivity index is 1.89. The summed E-state index contributed by atoms with van der Waals surface area (Å²) in [5.74, 6) is 0.126. The lowest BCUT2D eigenvalue weighted by Crippen LogP contribution is -2.47. The van der Waals surface area contributed by atoms with Crippen LogP contribution in [0.5, 0.6) is 0 Å². The summed E-state index contributed by atoms with van der Waals surface area (Å²) in [5.41, 5.74) is 1.15. The fourth-order valence-electron chi connectivity index (χ4n) is 2.21. The van der Waals surface area contributed by atoms with Crippen molar-refractivity contribution in [2.75, 3.05) is 6.54 Å². The van der Waals surface area contributed by atoms with E-state index in [1.54, 1.807) is 0 Å². The van der Waals surface area contributed by atoms with Crippen molar-refractivity contribution in [2.24, 2.45) is 0 Å². The molecule has 2 rings (SSSR count). The lowest BCUT2D eigenvalue weighted by molar-refractivity contribution is -0.124. The van der Waals surface area contributed by atoms with Crippen LogP contribution in [-0.2, 0) is 4.79 Å². The third-order valence-corrected chi connectivity index (χ3v) is 3.29. The Morgan fingerprint density at radius 1 is 1.35 bits per heavy atom. The molecular weight excluding hydrogens is 212 g/mol. The molecule has 1 saturated heterocycles. The van der Waals surface area contributed by atoms with Crippen molar-refractivity contribution in [3.63, 3.8) is 0 Å². The van der Waals surface area contributed by atoms with Crippen LogP contribution in [0.2, 0.25) is 0 Å². The van der Waals surface area contributed by atoms with Crippen LogP contribution in [0.15, 0.2) is 30.3 Å². The van der Waals surface area contributed by atoms with Crippen LogP contribution in [0, 0.1) is 0 Å². The molecular formula is C14H20N2O. The summed E-state index contributed by atoms with van der Waals surface area (Å²) in [5, 5.41) is 6.33. The van der Waals surface area contributed by atoms with E-state index in [9.17, 15) is 4.79 Å². The highest BCUT2D eigenvalue weighted by Crippen LogP contribution is 2.13. The van der Waals surface area contributed by atoms with Gasteiger partial charge in [-0.05, 0) is 31.9 Å². The van der Waals surface area contributed by atoms with E-state index < -0.39 is 0 Å². The number of carbonyl (C=O) groups is 1. The molecule has 3 nitrogen and oxygen atoms in total. The highest BCUT2D eigenvalue weighted by molar-refractivity contribution is 5.82. The average molecular weight is 232 g/mol. The monoisotopic (exact) mass is 232 g/mol. The number of amides is 1. The Hall–Kier alpha value is -1.35. The molecule has 0 aromatic heterocycles. The van der Waals surface area contributed by atoms with Gasteiger partial charge >= 0.3 is 0 Å². The molecule has 0 unspecified atom stereocenters. The maximum Gasteiger partial charge on any atom is 0.237 e. The van der Waals surface area contributed by atoms with Gasteiger partial charge in [-0.1, -0.05) is 36.8 Å². The Labute approximate surface area is 103 Å². The molecule has 1 amide bonds. The quantitative estimate of drug-likeness (QED) is 0.837. The van der Waals surface area contributed by atoms with Gasteiger partial charge in [-0.25, -0.2) is 0 Å². The van der Waals surface area contributed by atoms with Gasteiger partial charge in [0, 0.05) is 0 Å². The van der Waals surface area contributed by atoms with Gasteiger partial charge in [-0.2, -0.15) is 0 Å². The van der Waals surface area contributed by atoms with Gasteiger partial charge in [-0.15, -0.1) is 0 Å². The van der Waals surface area contributed by atoms with Gasteiger partial charge in [0.05, 0.1) is 12.1 Å². The highest BCUT2D eigenvalue weighted by Gasteiger charge is 2.21. The Bertz CT molecular complexity index is 358. The number of hydrogen-bond donors (Lipinski definition) is 2. The zero-order valence-electron chi connectivity index (χ0n) is 10.3. The first-order chi connectivity index (χ1) is 8.27. The van der Waals surface area contributed by atoms with E-state index in [2.05, 4.69) is 10.6 Å². The van der Waals surface area contributed by atoms with Crippen molar-refractivity contribution >= 4 is 5.91 Å². The second-order valence-corrected chi connectivity index (χ2v) is 4.64. The minimum atomic E-state index is -0.00471. The van der Waals surface area contributed by atoms with Crippen LogP contribution in [0.25, 0.3) is 0 Å². The van der Waals surface area contributed by atoms with E-state index >= 15 is 0 Å². The van der Waals surface area contributed by atoms with Gasteiger partial charge in [-0.3, -0.25) is 4.79 Å². The zero-order valence-corrected chi connectivity index (χ0v) is 10.3. The predicted octanol–water partition coefficient (Wildman–Crippen LogP) is 2.01. The minimum absolute atomic E-state index is 0.00471. The molecule has 0 radical (unpaired) electrons. The van der Waals surface area contributed by atoms with Crippen LogP contribution in [0.3, 0.4) is 0 Å². The van der Waals surface area contributed by atoms with Crippen LogP contribution in [-0.4, -0.2) is 18.5 Å². The Kier molecular flexibility index (Phi) is 4.15. The topological polar surface area (TPSA) is 41.1 Å². The molecule has 0 saturated carbocycles. The molecule has 3 heteroatoms. The molecule has 1 aliphatic rings. The van der Waals surface area contributed by atoms with Crippen molar-refractivity contribution < 1.29 is 4.79 Å². The second kappa shape index (κ2) is 5.82. The first kappa shape index (κ1) is 12.1. The summed E-state index contributed by atoms with van der Waals surface area (Å²) >= 11 is 0. The van der Waals surface area contributed by atoms with E-state index in [0.29, 0.717) is 0 Å². The SMILES string of the molecule is C[C@H](NC(=O)[C@H]1CCCCN1)c1ccccc1. The number of rotatable bonds is 3. The van der Waals surface area contributed by atoms with Gasteiger partial charge in [0.1, 0.15) is 0 Å². The predicted molar refractivity (Wildman–Crippen MR) is 68.6 cm³/mol. The molecule has 0 spiro atoms. The third kappa shape index (κ3) is 3.30. The summed E-state index contributed by atoms with van der Waals surface area (Å²) in [7, 11) is 0. The van der Waals surface area contributed by atoms with Crippen LogP contribution in [0.1, 0.15) is 37.8 Å². The summed E-state index contributed by atoms with van der Waals surface area (Å²) in [6, 6.07) is 10.1. The van der Waals surface area contributed by atoms with E-state index in [1.165, 1.54) is 6.42 Å². The Morgan fingerprint density at radius 3 is 2.76 bits per heavy atom. The summed E-state index contributed by atoms with van der Waals surface area (Å²) in [6.07, 6.45) is 3.27. The second-order valence-electron chi connectivity index (χ2n) is 4.64. The number of piperidine rings is 1. The Morgan fingerprint density at radius 2 is 2.12 bits per heavy atom. The molecule has 1 aromatic rings. The first-order valence-corrected chi connectivity index (χ1v) is 6.36. The zero-order chi connectivity index (χ0) is 12.1. The fraction of sp³-hybridized carbons (Fsp3) is 0.500. The van der Waals surface area contributed by atoms with Crippen molar-refractivity contribution in [3.05, 3.63) is 35.9 Å². The summed E-state index contributed by atoms with van der Waals surface area (Å²) in [4.78, 5) is 12.0. The number of nitrogens with one attached hydrogen (secondary N) is 2. The molecule has 17 heavy (non-hydrogen) atoms. The standard InChI is InChI=1S/C14H20N2O/c1-11(12-7-3-2-4-8-12)16-14(17)13-9-5-6-10-15-13/h2-4,7-8,11,13,15H,5-6,9-10H2,1H3,(H,16,17)/t11-,13+/m0/s1. The molecule has 1 fully saturated rings. The van der Waals surface area contributed by atoms with Crippen molar-refractivity contribution in [3.8, 4) is 0 Å². The van der Waals surface area contributed by atoms with Gasteiger partial charge in [0.15, 0.2) is 0 Å². The van der Waals surface area contributed by atoms with Crippen LogP contribution >= 0.6 is 0 Å². The molecule has 0 aliphatic carbocycles. The summed E-state index contributed by atoms with van der Waals surface area (Å²) < 4.78 is 0. The van der Waals surface area contributed by atoms with E-state index in [0.717, 1.165) is 24.9 Å². The van der Waals surface area contributed by atoms with Gasteiger partial charge in [0.25, 0.3) is 0 Å². The van der Waals surface area contributed by atoms with E-state index in [-0.39, 0.29) is 18.0 Å². The van der Waals surface area contributed by atoms with Crippen molar-refractivity contribution in [1.29, 1.82) is 0 Å². The molecule has 1 aliphatic heterocycles. The molecule has 1 aromatic carbocycles. The average Bonchev–Trinajstić information content (AvgIpc) is 2.40. The molecule has 2 N–H and O–H groups in total. The van der Waals surface area contributed by atoms with Gasteiger partial charge < -0.3 is 10.6 Å². The lowest BCUT2D eigenvalue weighted by Gasteiger charge is -2.24. The van der Waals surface area contributed by atoms with E-state index in [1.807, 2.05) is 37.3 Å². The molecule has 1 heterocycles. The van der Waals surface area contributed by atoms with Gasteiger partial charge in [0.2, 0.25) is 5.91 Å². The number of benzene rings is 1. The summed E-state index contributed by atoms with van der Waals surface area (Å²) in [6.45, 7) is 2.98. The normalized spacial score (nSPS) is 21.8. The maximum absolute atomic E-state index is 12.0. The number of carbonyl (C=O) groups excluding carboxylic acids is 1. The number of hydrogen-bond acceptors (Lipinski definition) is 2. The van der Waals surface area contributed by atoms with Crippen molar-refractivity contribution in [1.82, 2.24) is 10.6 Å². The molecule has 2 atom stereocenters.